The van der Waals surface area contributed by atoms with Crippen LogP contribution in [0.2, 0.25) is 5.02 Å². The molecule has 164 valence electrons. The molecule has 0 atom stereocenters. The monoisotopic (exact) mass is 456 g/mol. The molecule has 3 aromatic rings. The maximum absolute atomic E-state index is 12.5. The molecule has 0 aliphatic heterocycles. The van der Waals surface area contributed by atoms with Gasteiger partial charge in [-0.15, -0.1) is 0 Å². The zero-order valence-corrected chi connectivity index (χ0v) is 17.7. The normalized spacial score (nSPS) is 11.4. The molecule has 2 N–H and O–H groups in total. The Morgan fingerprint density at radius 1 is 1.22 bits per heavy atom. The standard InChI is InChI=1S/C21H17ClN4O6/c1-11(18-20(28)19(25(2)24-18)12-3-6-14(22)7-4-12)23-10-17(27)13-5-8-15(21(29)30)16(9-13)26(31)32/h3-9,28H,10H2,1-2H3,(H,29,30). The first-order valence-corrected chi connectivity index (χ1v) is 9.56. The van der Waals surface area contributed by atoms with Crippen molar-refractivity contribution in [2.45, 2.75) is 6.92 Å². The van der Waals surface area contributed by atoms with E-state index >= 15 is 0 Å². The van der Waals surface area contributed by atoms with Crippen molar-refractivity contribution in [3.8, 4) is 17.0 Å². The third-order valence-corrected chi connectivity index (χ3v) is 4.94. The number of aryl methyl sites for hydroxylation is 1. The third kappa shape index (κ3) is 4.49. The van der Waals surface area contributed by atoms with Crippen LogP contribution in [-0.2, 0) is 7.05 Å². The van der Waals surface area contributed by atoms with Crippen LogP contribution in [0.15, 0.2) is 47.5 Å². The molecule has 32 heavy (non-hydrogen) atoms. The van der Waals surface area contributed by atoms with E-state index in [0.29, 0.717) is 16.3 Å². The number of aromatic nitrogens is 2. The van der Waals surface area contributed by atoms with E-state index in [9.17, 15) is 24.8 Å². The van der Waals surface area contributed by atoms with Crippen molar-refractivity contribution in [2.75, 3.05) is 6.54 Å². The van der Waals surface area contributed by atoms with Crippen LogP contribution in [0.3, 0.4) is 0 Å². The predicted molar refractivity (Wildman–Crippen MR) is 117 cm³/mol. The molecular weight excluding hydrogens is 440 g/mol. The topological polar surface area (TPSA) is 148 Å². The number of carboxylic acid groups (broad SMARTS) is 1. The molecule has 0 saturated carbocycles. The summed E-state index contributed by atoms with van der Waals surface area (Å²) in [6.45, 7) is 1.19. The zero-order chi connectivity index (χ0) is 23.6. The van der Waals surface area contributed by atoms with Gasteiger partial charge in [0.05, 0.1) is 10.6 Å². The van der Waals surface area contributed by atoms with E-state index in [0.717, 1.165) is 12.1 Å². The highest BCUT2D eigenvalue weighted by atomic mass is 35.5. The molecule has 1 aromatic heterocycles. The SMILES string of the molecule is CC(=NCC(=O)c1ccc(C(=O)O)c([N+](=O)[O-])c1)c1nn(C)c(-c2ccc(Cl)cc2)c1O. The molecule has 0 radical (unpaired) electrons. The number of carboxylic acids is 1. The van der Waals surface area contributed by atoms with E-state index < -0.39 is 27.9 Å². The number of aromatic carboxylic acids is 1. The number of ketones is 1. The van der Waals surface area contributed by atoms with Gasteiger partial charge in [0, 0.05) is 29.3 Å². The highest BCUT2D eigenvalue weighted by Gasteiger charge is 2.22. The molecule has 11 heteroatoms. The molecule has 10 nitrogen and oxygen atoms in total. The smallest absolute Gasteiger partial charge is 0.342 e. The number of nitro groups is 1. The Bertz CT molecular complexity index is 1260. The van der Waals surface area contributed by atoms with Crippen LogP contribution >= 0.6 is 11.6 Å². The molecule has 2 aromatic carbocycles. The Kier molecular flexibility index (Phi) is 6.35. The largest absolute Gasteiger partial charge is 0.504 e. The third-order valence-electron chi connectivity index (χ3n) is 4.69. The fourth-order valence-electron chi connectivity index (χ4n) is 3.08. The van der Waals surface area contributed by atoms with Crippen molar-refractivity contribution in [3.05, 3.63) is 74.4 Å². The summed E-state index contributed by atoms with van der Waals surface area (Å²) in [5.41, 5.74) is 0.338. The molecule has 0 fully saturated rings. The number of Topliss-reactive ketones (excluding diaryl/α,β-unsaturated/α-hetero) is 1. The number of carbonyl (C=O) groups excluding carboxylic acids is 1. The van der Waals surface area contributed by atoms with Gasteiger partial charge in [-0.2, -0.15) is 5.10 Å². The number of rotatable bonds is 7. The highest BCUT2D eigenvalue weighted by molar-refractivity contribution is 6.30. The van der Waals surface area contributed by atoms with Gasteiger partial charge in [0.1, 0.15) is 23.5 Å². The van der Waals surface area contributed by atoms with Gasteiger partial charge in [0.2, 0.25) is 0 Å². The second-order valence-electron chi connectivity index (χ2n) is 6.80. The van der Waals surface area contributed by atoms with E-state index in [1.165, 1.54) is 10.7 Å². The van der Waals surface area contributed by atoms with Gasteiger partial charge in [0.15, 0.2) is 11.5 Å². The lowest BCUT2D eigenvalue weighted by atomic mass is 10.1. The maximum atomic E-state index is 12.5. The summed E-state index contributed by atoms with van der Waals surface area (Å²) in [4.78, 5) is 38.0. The van der Waals surface area contributed by atoms with Gasteiger partial charge < -0.3 is 10.2 Å². The van der Waals surface area contributed by atoms with Crippen LogP contribution in [0.4, 0.5) is 5.69 Å². The zero-order valence-electron chi connectivity index (χ0n) is 16.9. The number of carbonyl (C=O) groups is 2. The first-order chi connectivity index (χ1) is 15.1. The minimum Gasteiger partial charge on any atom is -0.504 e. The Labute approximate surface area is 186 Å². The molecular formula is C21H17ClN4O6. The molecule has 0 bridgehead atoms. The second kappa shape index (κ2) is 8.98. The van der Waals surface area contributed by atoms with Gasteiger partial charge in [0.25, 0.3) is 5.69 Å². The summed E-state index contributed by atoms with van der Waals surface area (Å²) in [7, 11) is 1.65. The fraction of sp³-hybridized carbons (Fsp3) is 0.143. The number of benzene rings is 2. The van der Waals surface area contributed by atoms with E-state index in [2.05, 4.69) is 10.1 Å². The number of nitro benzene ring substituents is 1. The Balaban J connectivity index is 1.86. The van der Waals surface area contributed by atoms with E-state index in [4.69, 9.17) is 16.7 Å². The Morgan fingerprint density at radius 2 is 1.88 bits per heavy atom. The summed E-state index contributed by atoms with van der Waals surface area (Å²) >= 11 is 5.90. The molecule has 0 aliphatic rings. The van der Waals surface area contributed by atoms with Crippen molar-refractivity contribution in [1.29, 1.82) is 0 Å². The van der Waals surface area contributed by atoms with Crippen molar-refractivity contribution in [1.82, 2.24) is 9.78 Å². The minimum atomic E-state index is -1.47. The summed E-state index contributed by atoms with van der Waals surface area (Å²) in [6.07, 6.45) is 0. The van der Waals surface area contributed by atoms with Crippen LogP contribution in [0.5, 0.6) is 5.75 Å². The number of aromatic hydroxyl groups is 1. The van der Waals surface area contributed by atoms with Crippen molar-refractivity contribution in [2.24, 2.45) is 12.0 Å². The number of hydrogen-bond acceptors (Lipinski definition) is 7. The van der Waals surface area contributed by atoms with E-state index in [1.54, 1.807) is 38.2 Å². The molecule has 0 amide bonds. The lowest BCUT2D eigenvalue weighted by molar-refractivity contribution is -0.385. The number of aliphatic imine (C=N–C) groups is 1. The molecule has 0 saturated heterocycles. The van der Waals surface area contributed by atoms with Crippen LogP contribution in [0.1, 0.15) is 33.3 Å². The average Bonchev–Trinajstić information content (AvgIpc) is 3.05. The first kappa shape index (κ1) is 22.6. The van der Waals surface area contributed by atoms with Gasteiger partial charge >= 0.3 is 5.97 Å². The number of halogens is 1. The lowest BCUT2D eigenvalue weighted by Gasteiger charge is -2.03. The summed E-state index contributed by atoms with van der Waals surface area (Å²) in [5, 5.41) is 35.6. The minimum absolute atomic E-state index is 0.0506. The van der Waals surface area contributed by atoms with Crippen molar-refractivity contribution >= 4 is 34.8 Å². The molecule has 1 heterocycles. The van der Waals surface area contributed by atoms with Crippen LogP contribution in [-0.4, -0.2) is 48.9 Å². The quantitative estimate of drug-likeness (QED) is 0.238. The van der Waals surface area contributed by atoms with E-state index in [-0.39, 0.29) is 29.3 Å². The molecule has 3 rings (SSSR count). The van der Waals surface area contributed by atoms with Crippen molar-refractivity contribution < 1.29 is 24.7 Å². The number of hydrogen-bond donors (Lipinski definition) is 2. The fourth-order valence-corrected chi connectivity index (χ4v) is 3.21. The average molecular weight is 457 g/mol. The first-order valence-electron chi connectivity index (χ1n) is 9.18. The predicted octanol–water partition coefficient (Wildman–Crippen LogP) is 3.74. The molecule has 0 aliphatic carbocycles. The van der Waals surface area contributed by atoms with Crippen molar-refractivity contribution in [3.63, 3.8) is 0 Å². The maximum Gasteiger partial charge on any atom is 0.342 e. The van der Waals surface area contributed by atoms with E-state index in [1.807, 2.05) is 0 Å². The van der Waals surface area contributed by atoms with Crippen LogP contribution in [0.25, 0.3) is 11.3 Å². The summed E-state index contributed by atoms with van der Waals surface area (Å²) in [6, 6.07) is 9.93. The molecule has 0 spiro atoms. The van der Waals surface area contributed by atoms with Gasteiger partial charge in [-0.05, 0) is 31.2 Å². The Morgan fingerprint density at radius 3 is 2.47 bits per heavy atom. The summed E-state index contributed by atoms with van der Waals surface area (Å²) < 4.78 is 1.47. The van der Waals surface area contributed by atoms with Gasteiger partial charge in [-0.1, -0.05) is 23.7 Å². The van der Waals surface area contributed by atoms with Gasteiger partial charge in [-0.25, -0.2) is 4.79 Å². The second-order valence-corrected chi connectivity index (χ2v) is 7.23. The number of nitrogens with zero attached hydrogens (tertiary/aromatic N) is 4. The Hall–Kier alpha value is -4.05. The van der Waals surface area contributed by atoms with Crippen LogP contribution < -0.4 is 0 Å². The van der Waals surface area contributed by atoms with Gasteiger partial charge in [-0.3, -0.25) is 24.6 Å². The summed E-state index contributed by atoms with van der Waals surface area (Å²) in [5.74, 6) is -2.14. The lowest BCUT2D eigenvalue weighted by Crippen LogP contribution is -2.09. The van der Waals surface area contributed by atoms with Crippen LogP contribution in [0, 0.1) is 10.1 Å². The molecule has 0 unspecified atom stereocenters. The highest BCUT2D eigenvalue weighted by Crippen LogP contribution is 2.32.